The predicted molar refractivity (Wildman–Crippen MR) is 54.3 cm³/mol. The van der Waals surface area contributed by atoms with Crippen molar-refractivity contribution in [2.75, 3.05) is 11.9 Å². The van der Waals surface area contributed by atoms with Crippen LogP contribution in [-0.4, -0.2) is 33.0 Å². The van der Waals surface area contributed by atoms with E-state index < -0.39 is 0 Å². The van der Waals surface area contributed by atoms with Gasteiger partial charge in [0.15, 0.2) is 5.78 Å². The van der Waals surface area contributed by atoms with E-state index >= 15 is 0 Å². The fourth-order valence-corrected chi connectivity index (χ4v) is 1.96. The molecule has 0 radical (unpaired) electrons. The Hall–Kier alpha value is -1.72. The number of nitrogens with zero attached hydrogens (tertiary/aromatic N) is 5. The SMILES string of the molecule is CC(=O)C1=C(C)N(C)c2nnnn2C1C. The van der Waals surface area contributed by atoms with E-state index in [9.17, 15) is 4.79 Å². The van der Waals surface area contributed by atoms with Gasteiger partial charge in [-0.1, -0.05) is 5.10 Å². The molecule has 0 spiro atoms. The van der Waals surface area contributed by atoms with Crippen LogP contribution in [0.3, 0.4) is 0 Å². The molecule has 1 aliphatic rings. The summed E-state index contributed by atoms with van der Waals surface area (Å²) in [5.41, 5.74) is 1.68. The van der Waals surface area contributed by atoms with Crippen molar-refractivity contribution in [3.63, 3.8) is 0 Å². The predicted octanol–water partition coefficient (Wildman–Crippen LogP) is 0.547. The summed E-state index contributed by atoms with van der Waals surface area (Å²) in [6, 6.07) is -0.0938. The Balaban J connectivity index is 2.59. The maximum absolute atomic E-state index is 11.5. The molecule has 15 heavy (non-hydrogen) atoms. The number of allylic oxidation sites excluding steroid dienone is 2. The zero-order valence-corrected chi connectivity index (χ0v) is 9.22. The molecule has 0 aromatic carbocycles. The first-order chi connectivity index (χ1) is 7.04. The van der Waals surface area contributed by atoms with E-state index in [0.29, 0.717) is 5.95 Å². The van der Waals surface area contributed by atoms with E-state index in [1.165, 1.54) is 0 Å². The third-order valence-electron chi connectivity index (χ3n) is 2.83. The lowest BCUT2D eigenvalue weighted by molar-refractivity contribution is -0.114. The second-order valence-corrected chi connectivity index (χ2v) is 3.71. The number of aromatic nitrogens is 4. The third-order valence-corrected chi connectivity index (χ3v) is 2.83. The Morgan fingerprint density at radius 3 is 2.73 bits per heavy atom. The van der Waals surface area contributed by atoms with E-state index in [4.69, 9.17) is 0 Å². The summed E-state index contributed by atoms with van der Waals surface area (Å²) in [5.74, 6) is 0.734. The molecule has 1 atom stereocenters. The normalized spacial score (nSPS) is 20.5. The van der Waals surface area contributed by atoms with Crippen molar-refractivity contribution < 1.29 is 4.79 Å². The molecule has 1 aromatic heterocycles. The lowest BCUT2D eigenvalue weighted by Crippen LogP contribution is -2.31. The third kappa shape index (κ3) is 1.25. The van der Waals surface area contributed by atoms with Crippen molar-refractivity contribution >= 4 is 11.7 Å². The molecule has 0 aliphatic carbocycles. The highest BCUT2D eigenvalue weighted by Crippen LogP contribution is 2.31. The zero-order valence-electron chi connectivity index (χ0n) is 9.22. The zero-order chi connectivity index (χ0) is 11.2. The Morgan fingerprint density at radius 2 is 2.13 bits per heavy atom. The monoisotopic (exact) mass is 207 g/mol. The van der Waals surface area contributed by atoms with E-state index in [1.807, 2.05) is 25.8 Å². The topological polar surface area (TPSA) is 63.9 Å². The fourth-order valence-electron chi connectivity index (χ4n) is 1.96. The number of Topliss-reactive ketones (excluding diaryl/α,β-unsaturated/α-hetero) is 1. The summed E-state index contributed by atoms with van der Waals surface area (Å²) in [4.78, 5) is 13.4. The molecule has 0 fully saturated rings. The van der Waals surface area contributed by atoms with Gasteiger partial charge in [0.2, 0.25) is 5.95 Å². The molecule has 0 amide bonds. The molecule has 1 unspecified atom stereocenters. The molecule has 0 bridgehead atoms. The molecule has 0 saturated carbocycles. The number of hydrogen-bond donors (Lipinski definition) is 0. The van der Waals surface area contributed by atoms with Crippen molar-refractivity contribution in [2.24, 2.45) is 0 Å². The van der Waals surface area contributed by atoms with Gasteiger partial charge < -0.3 is 4.90 Å². The van der Waals surface area contributed by atoms with Gasteiger partial charge in [-0.15, -0.1) is 0 Å². The van der Waals surface area contributed by atoms with Crippen molar-refractivity contribution in [3.8, 4) is 0 Å². The molecule has 80 valence electrons. The highest BCUT2D eigenvalue weighted by atomic mass is 16.1. The number of hydrogen-bond acceptors (Lipinski definition) is 5. The van der Waals surface area contributed by atoms with Gasteiger partial charge in [0, 0.05) is 18.3 Å². The molecule has 1 aromatic rings. The van der Waals surface area contributed by atoms with Gasteiger partial charge in [0.05, 0.1) is 6.04 Å². The smallest absolute Gasteiger partial charge is 0.250 e. The minimum atomic E-state index is -0.0938. The lowest BCUT2D eigenvalue weighted by atomic mass is 10.0. The fraction of sp³-hybridized carbons (Fsp3) is 0.556. The molecule has 0 N–H and O–H groups in total. The Bertz CT molecular complexity index is 447. The first-order valence-corrected chi connectivity index (χ1v) is 4.77. The van der Waals surface area contributed by atoms with Crippen LogP contribution in [0.25, 0.3) is 0 Å². The molecule has 0 saturated heterocycles. The van der Waals surface area contributed by atoms with E-state index in [0.717, 1.165) is 11.3 Å². The first kappa shape index (κ1) is 9.82. The van der Waals surface area contributed by atoms with Crippen LogP contribution in [-0.2, 0) is 4.79 Å². The number of fused-ring (bicyclic) bond motifs is 1. The van der Waals surface area contributed by atoms with Gasteiger partial charge in [0.1, 0.15) is 0 Å². The Morgan fingerprint density at radius 1 is 1.47 bits per heavy atom. The van der Waals surface area contributed by atoms with Crippen LogP contribution in [0.15, 0.2) is 11.3 Å². The van der Waals surface area contributed by atoms with E-state index in [-0.39, 0.29) is 11.8 Å². The quantitative estimate of drug-likeness (QED) is 0.672. The highest BCUT2D eigenvalue weighted by Gasteiger charge is 2.30. The highest BCUT2D eigenvalue weighted by molar-refractivity contribution is 5.95. The van der Waals surface area contributed by atoms with Crippen LogP contribution < -0.4 is 4.90 Å². The van der Waals surface area contributed by atoms with Crippen LogP contribution in [0.4, 0.5) is 5.95 Å². The van der Waals surface area contributed by atoms with Crippen LogP contribution in [0.2, 0.25) is 0 Å². The molecule has 6 heteroatoms. The summed E-state index contributed by atoms with van der Waals surface area (Å²) in [6.45, 7) is 5.40. The summed E-state index contributed by atoms with van der Waals surface area (Å²) in [7, 11) is 1.85. The van der Waals surface area contributed by atoms with Crippen LogP contribution in [0.1, 0.15) is 26.8 Å². The second kappa shape index (κ2) is 3.15. The summed E-state index contributed by atoms with van der Waals surface area (Å²) in [5, 5.41) is 11.4. The van der Waals surface area contributed by atoms with Gasteiger partial charge in [-0.25, -0.2) is 4.68 Å². The number of anilines is 1. The number of carbonyl (C=O) groups is 1. The molecule has 6 nitrogen and oxygen atoms in total. The van der Waals surface area contributed by atoms with E-state index in [2.05, 4.69) is 15.5 Å². The summed E-state index contributed by atoms with van der Waals surface area (Å²) >= 11 is 0. The van der Waals surface area contributed by atoms with Crippen molar-refractivity contribution in [2.45, 2.75) is 26.8 Å². The molecular formula is C9H13N5O. The molecule has 2 rings (SSSR count). The van der Waals surface area contributed by atoms with Crippen LogP contribution in [0.5, 0.6) is 0 Å². The first-order valence-electron chi connectivity index (χ1n) is 4.77. The maximum atomic E-state index is 11.5. The van der Waals surface area contributed by atoms with Gasteiger partial charge >= 0.3 is 0 Å². The van der Waals surface area contributed by atoms with Crippen LogP contribution in [0, 0.1) is 0 Å². The Labute approximate surface area is 87.6 Å². The van der Waals surface area contributed by atoms with Gasteiger partial charge in [-0.3, -0.25) is 4.79 Å². The molecular weight excluding hydrogens is 194 g/mol. The van der Waals surface area contributed by atoms with Crippen LogP contribution >= 0.6 is 0 Å². The van der Waals surface area contributed by atoms with Gasteiger partial charge in [-0.05, 0) is 31.2 Å². The standard InChI is InChI=1S/C9H13N5O/c1-5-8(7(3)15)6(2)14-9(13(5)4)10-11-12-14/h6H,1-4H3. The summed E-state index contributed by atoms with van der Waals surface area (Å²) in [6.07, 6.45) is 0. The number of carbonyl (C=O) groups excluding carboxylic acids is 1. The largest absolute Gasteiger partial charge is 0.316 e. The van der Waals surface area contributed by atoms with Crippen molar-refractivity contribution in [1.29, 1.82) is 0 Å². The van der Waals surface area contributed by atoms with Crippen molar-refractivity contribution in [3.05, 3.63) is 11.3 Å². The number of ketones is 1. The summed E-state index contributed by atoms with van der Waals surface area (Å²) < 4.78 is 1.66. The average Bonchev–Trinajstić information content (AvgIpc) is 2.62. The molecule has 1 aliphatic heterocycles. The average molecular weight is 207 g/mol. The van der Waals surface area contributed by atoms with Gasteiger partial charge in [-0.2, -0.15) is 0 Å². The second-order valence-electron chi connectivity index (χ2n) is 3.71. The minimum absolute atomic E-state index is 0.0630. The van der Waals surface area contributed by atoms with E-state index in [1.54, 1.807) is 11.6 Å². The maximum Gasteiger partial charge on any atom is 0.250 e. The minimum Gasteiger partial charge on any atom is -0.316 e. The number of tetrazole rings is 1. The van der Waals surface area contributed by atoms with Crippen molar-refractivity contribution in [1.82, 2.24) is 20.2 Å². The Kier molecular flexibility index (Phi) is 2.06. The number of rotatable bonds is 1. The lowest BCUT2D eigenvalue weighted by Gasteiger charge is -2.30. The molecule has 2 heterocycles. The van der Waals surface area contributed by atoms with Gasteiger partial charge in [0.25, 0.3) is 0 Å².